The normalized spacial score (nSPS) is 18.0. The van der Waals surface area contributed by atoms with E-state index in [0.29, 0.717) is 12.4 Å². The van der Waals surface area contributed by atoms with Gasteiger partial charge in [0.2, 0.25) is 0 Å². The zero-order valence-electron chi connectivity index (χ0n) is 12.1. The fourth-order valence-electron chi connectivity index (χ4n) is 2.37. The lowest BCUT2D eigenvalue weighted by Gasteiger charge is -2.23. The molecule has 2 rings (SSSR count). The van der Waals surface area contributed by atoms with Gasteiger partial charge in [-0.1, -0.05) is 0 Å². The Balaban J connectivity index is 2.24. The Bertz CT molecular complexity index is 542. The number of nitriles is 1. The molecule has 2 heterocycles. The van der Waals surface area contributed by atoms with Crippen LogP contribution in [0.4, 0.5) is 11.6 Å². The van der Waals surface area contributed by atoms with Crippen molar-refractivity contribution in [3.63, 3.8) is 0 Å². The van der Waals surface area contributed by atoms with E-state index in [2.05, 4.69) is 15.7 Å². The molecule has 0 saturated carbocycles. The second-order valence-corrected chi connectivity index (χ2v) is 4.92. The summed E-state index contributed by atoms with van der Waals surface area (Å²) in [5.41, 5.74) is 6.20. The van der Waals surface area contributed by atoms with Crippen LogP contribution < -0.4 is 16.4 Å². The molecule has 0 aromatic carbocycles. The molecule has 1 aliphatic heterocycles. The third kappa shape index (κ3) is 3.44. The van der Waals surface area contributed by atoms with Gasteiger partial charge in [0.25, 0.3) is 0 Å². The van der Waals surface area contributed by atoms with Crippen LogP contribution in [0.25, 0.3) is 0 Å². The number of nitrogens with one attached hydrogen (secondary N) is 2. The molecule has 1 saturated heterocycles. The molecule has 1 fully saturated rings. The maximum atomic E-state index is 11.9. The summed E-state index contributed by atoms with van der Waals surface area (Å²) in [7, 11) is 1.31. The van der Waals surface area contributed by atoms with Gasteiger partial charge in [0.05, 0.1) is 26.1 Å². The van der Waals surface area contributed by atoms with E-state index in [-0.39, 0.29) is 23.8 Å². The van der Waals surface area contributed by atoms with Gasteiger partial charge in [-0.05, 0) is 19.4 Å². The van der Waals surface area contributed by atoms with Crippen LogP contribution in [0, 0.1) is 11.3 Å². The van der Waals surface area contributed by atoms with E-state index in [1.807, 2.05) is 6.07 Å². The quantitative estimate of drug-likeness (QED) is 0.669. The fourth-order valence-corrected chi connectivity index (χ4v) is 2.37. The summed E-state index contributed by atoms with van der Waals surface area (Å²) in [6.45, 7) is 2.16. The summed E-state index contributed by atoms with van der Waals surface area (Å²) in [6.07, 6.45) is 2.34. The minimum atomic E-state index is -0.526. The van der Waals surface area contributed by atoms with Crippen LogP contribution in [-0.4, -0.2) is 42.0 Å². The van der Waals surface area contributed by atoms with Crippen molar-refractivity contribution in [2.24, 2.45) is 0 Å². The van der Waals surface area contributed by atoms with Crippen molar-refractivity contribution in [3.8, 4) is 6.07 Å². The first-order chi connectivity index (χ1) is 10.2. The highest BCUT2D eigenvalue weighted by molar-refractivity contribution is 5.99. The van der Waals surface area contributed by atoms with Crippen LogP contribution in [0.3, 0.4) is 0 Å². The first-order valence-corrected chi connectivity index (χ1v) is 6.96. The molecule has 0 spiro atoms. The van der Waals surface area contributed by atoms with Crippen LogP contribution in [0.5, 0.6) is 0 Å². The van der Waals surface area contributed by atoms with Crippen molar-refractivity contribution in [1.29, 1.82) is 5.26 Å². The number of hydrogen-bond acceptors (Lipinski definition) is 7. The summed E-state index contributed by atoms with van der Waals surface area (Å²) in [5.74, 6) is 0.122. The number of esters is 1. The third-order valence-corrected chi connectivity index (χ3v) is 3.45. The Hall–Kier alpha value is -2.27. The second kappa shape index (κ2) is 6.95. The summed E-state index contributed by atoms with van der Waals surface area (Å²) >= 11 is 0. The van der Waals surface area contributed by atoms with Crippen LogP contribution in [0.15, 0.2) is 0 Å². The number of carbonyl (C=O) groups is 1. The number of methoxy groups -OCH3 is 1. The number of aromatic nitrogens is 2. The van der Waals surface area contributed by atoms with E-state index in [1.165, 1.54) is 11.8 Å². The van der Waals surface area contributed by atoms with Gasteiger partial charge in [-0.15, -0.1) is 0 Å². The van der Waals surface area contributed by atoms with Crippen LogP contribution in [0.2, 0.25) is 0 Å². The van der Waals surface area contributed by atoms with Crippen molar-refractivity contribution < 1.29 is 9.53 Å². The van der Waals surface area contributed by atoms with Gasteiger partial charge in [-0.3, -0.25) is 0 Å². The molecule has 4 N–H and O–H groups in total. The molecule has 0 amide bonds. The topological polar surface area (TPSA) is 118 Å². The van der Waals surface area contributed by atoms with Gasteiger partial charge >= 0.3 is 5.97 Å². The molecule has 0 aliphatic carbocycles. The molecule has 1 aromatic rings. The Morgan fingerprint density at radius 2 is 2.52 bits per heavy atom. The van der Waals surface area contributed by atoms with Crippen molar-refractivity contribution in [2.75, 3.05) is 31.2 Å². The number of nitrogens with zero attached hydrogens (tertiary/aromatic N) is 3. The second-order valence-electron chi connectivity index (χ2n) is 4.92. The Kier molecular flexibility index (Phi) is 5.00. The number of aryl methyl sites for hydroxylation is 1. The molecule has 8 heteroatoms. The highest BCUT2D eigenvalue weighted by atomic mass is 16.5. The molecule has 0 radical (unpaired) electrons. The molecule has 1 aliphatic rings. The van der Waals surface area contributed by atoms with E-state index in [4.69, 9.17) is 15.7 Å². The number of nitrogen functional groups attached to an aromatic ring is 1. The lowest BCUT2D eigenvalue weighted by atomic mass is 10.1. The molecule has 1 unspecified atom stereocenters. The summed E-state index contributed by atoms with van der Waals surface area (Å²) in [6, 6.07) is 2.23. The Labute approximate surface area is 123 Å². The largest absolute Gasteiger partial charge is 0.465 e. The predicted octanol–water partition coefficient (Wildman–Crippen LogP) is 0.329. The van der Waals surface area contributed by atoms with E-state index < -0.39 is 5.97 Å². The van der Waals surface area contributed by atoms with Crippen molar-refractivity contribution in [3.05, 3.63) is 5.56 Å². The van der Waals surface area contributed by atoms with Gasteiger partial charge in [-0.25, -0.2) is 9.48 Å². The lowest BCUT2D eigenvalue weighted by Crippen LogP contribution is -2.38. The first kappa shape index (κ1) is 15.1. The molecule has 21 heavy (non-hydrogen) atoms. The minimum absolute atomic E-state index is 0.195. The number of nitrogens with two attached hydrogens (primary N) is 1. The number of rotatable bonds is 5. The molecule has 114 valence electrons. The molecule has 8 nitrogen and oxygen atoms in total. The highest BCUT2D eigenvalue weighted by Crippen LogP contribution is 2.24. The van der Waals surface area contributed by atoms with Crippen molar-refractivity contribution in [2.45, 2.75) is 31.8 Å². The maximum Gasteiger partial charge on any atom is 0.345 e. The van der Waals surface area contributed by atoms with Crippen molar-refractivity contribution in [1.82, 2.24) is 15.1 Å². The van der Waals surface area contributed by atoms with E-state index in [1.54, 1.807) is 0 Å². The minimum Gasteiger partial charge on any atom is -0.465 e. The van der Waals surface area contributed by atoms with Gasteiger partial charge < -0.3 is 21.1 Å². The zero-order chi connectivity index (χ0) is 15.2. The molecule has 0 bridgehead atoms. The van der Waals surface area contributed by atoms with Gasteiger partial charge in [0.15, 0.2) is 5.82 Å². The average molecular weight is 292 g/mol. The zero-order valence-corrected chi connectivity index (χ0v) is 12.1. The van der Waals surface area contributed by atoms with Gasteiger partial charge in [0.1, 0.15) is 11.4 Å². The summed E-state index contributed by atoms with van der Waals surface area (Å²) < 4.78 is 6.24. The third-order valence-electron chi connectivity index (χ3n) is 3.45. The summed E-state index contributed by atoms with van der Waals surface area (Å²) in [4.78, 5) is 11.9. The van der Waals surface area contributed by atoms with Gasteiger partial charge in [0, 0.05) is 12.6 Å². The number of piperidine rings is 1. The predicted molar refractivity (Wildman–Crippen MR) is 77.7 cm³/mol. The van der Waals surface area contributed by atoms with Crippen LogP contribution in [0.1, 0.15) is 29.6 Å². The Morgan fingerprint density at radius 3 is 3.14 bits per heavy atom. The standard InChI is InChI=1S/C13H20N6O2/c1-21-13(20)10-11(15)19(7-3-5-14)18-12(10)17-9-4-2-6-16-8-9/h9,16H,2-4,6-8,15H2,1H3,(H,17,18). The fraction of sp³-hybridized carbons (Fsp3) is 0.615. The first-order valence-electron chi connectivity index (χ1n) is 6.96. The number of ether oxygens (including phenoxy) is 1. The monoisotopic (exact) mass is 292 g/mol. The molecule has 1 atom stereocenters. The van der Waals surface area contributed by atoms with E-state index >= 15 is 0 Å². The number of carbonyl (C=O) groups excluding carboxylic acids is 1. The SMILES string of the molecule is COC(=O)c1c(NC2CCCNC2)nn(CCC#N)c1N. The Morgan fingerprint density at radius 1 is 1.71 bits per heavy atom. The van der Waals surface area contributed by atoms with Gasteiger partial charge in [-0.2, -0.15) is 10.4 Å². The smallest absolute Gasteiger partial charge is 0.345 e. The average Bonchev–Trinajstić information content (AvgIpc) is 2.81. The molecular formula is C13H20N6O2. The van der Waals surface area contributed by atoms with Crippen LogP contribution >= 0.6 is 0 Å². The van der Waals surface area contributed by atoms with E-state index in [0.717, 1.165) is 25.9 Å². The lowest BCUT2D eigenvalue weighted by molar-refractivity contribution is 0.0603. The molecule has 1 aromatic heterocycles. The highest BCUT2D eigenvalue weighted by Gasteiger charge is 2.25. The van der Waals surface area contributed by atoms with Crippen molar-refractivity contribution >= 4 is 17.6 Å². The number of anilines is 2. The maximum absolute atomic E-state index is 11.9. The molecular weight excluding hydrogens is 272 g/mol. The summed E-state index contributed by atoms with van der Waals surface area (Å²) in [5, 5.41) is 19.5. The van der Waals surface area contributed by atoms with E-state index in [9.17, 15) is 4.79 Å². The number of hydrogen-bond donors (Lipinski definition) is 3. The van der Waals surface area contributed by atoms with Crippen LogP contribution in [-0.2, 0) is 11.3 Å².